The highest BCUT2D eigenvalue weighted by atomic mass is 35.5. The SMILES string of the molecule is COc1ccc(NS(=O)(=O)c2ccc(NC(=O)c3ccc(Cl)cc3)c(F)c2)cc1OC. The van der Waals surface area contributed by atoms with Crippen LogP contribution < -0.4 is 19.5 Å². The lowest BCUT2D eigenvalue weighted by Gasteiger charge is -2.13. The molecule has 0 unspecified atom stereocenters. The molecule has 10 heteroatoms. The van der Waals surface area contributed by atoms with Gasteiger partial charge in [0.15, 0.2) is 11.5 Å². The number of ether oxygens (including phenoxy) is 2. The number of halogens is 2. The zero-order valence-electron chi connectivity index (χ0n) is 16.5. The highest BCUT2D eigenvalue weighted by Crippen LogP contribution is 2.31. The first-order valence-corrected chi connectivity index (χ1v) is 10.7. The van der Waals surface area contributed by atoms with Gasteiger partial charge in [0.1, 0.15) is 5.82 Å². The van der Waals surface area contributed by atoms with Crippen molar-refractivity contribution in [2.24, 2.45) is 0 Å². The summed E-state index contributed by atoms with van der Waals surface area (Å²) in [5.74, 6) is -0.710. The molecular formula is C21H18ClFN2O5S. The molecule has 3 aromatic carbocycles. The quantitative estimate of drug-likeness (QED) is 0.535. The maximum absolute atomic E-state index is 14.5. The van der Waals surface area contributed by atoms with Crippen LogP contribution in [0.4, 0.5) is 15.8 Å². The van der Waals surface area contributed by atoms with E-state index in [1.165, 1.54) is 68.8 Å². The summed E-state index contributed by atoms with van der Waals surface area (Å²) in [5.41, 5.74) is 0.318. The number of benzene rings is 3. The number of amides is 1. The number of anilines is 2. The summed E-state index contributed by atoms with van der Waals surface area (Å²) in [6.45, 7) is 0. The minimum atomic E-state index is -4.10. The molecule has 0 aromatic heterocycles. The molecule has 0 saturated heterocycles. The van der Waals surface area contributed by atoms with Crippen LogP contribution in [0.1, 0.15) is 10.4 Å². The third kappa shape index (κ3) is 5.25. The third-order valence-corrected chi connectivity index (χ3v) is 5.87. The van der Waals surface area contributed by atoms with Gasteiger partial charge in [-0.15, -0.1) is 0 Å². The zero-order valence-corrected chi connectivity index (χ0v) is 18.1. The lowest BCUT2D eigenvalue weighted by Crippen LogP contribution is -2.15. The van der Waals surface area contributed by atoms with Crippen molar-refractivity contribution in [1.29, 1.82) is 0 Å². The van der Waals surface area contributed by atoms with Gasteiger partial charge in [-0.2, -0.15) is 0 Å². The second-order valence-corrected chi connectivity index (χ2v) is 8.40. The van der Waals surface area contributed by atoms with Gasteiger partial charge in [0.25, 0.3) is 15.9 Å². The first kappa shape index (κ1) is 22.4. The molecule has 0 atom stereocenters. The maximum Gasteiger partial charge on any atom is 0.262 e. The van der Waals surface area contributed by atoms with Crippen molar-refractivity contribution >= 4 is 38.9 Å². The van der Waals surface area contributed by atoms with Crippen LogP contribution in [0.25, 0.3) is 0 Å². The number of carbonyl (C=O) groups is 1. The Hall–Kier alpha value is -3.30. The fraction of sp³-hybridized carbons (Fsp3) is 0.0952. The summed E-state index contributed by atoms with van der Waals surface area (Å²) in [6.07, 6.45) is 0. The molecule has 162 valence electrons. The van der Waals surface area contributed by atoms with Crippen LogP contribution in [0.5, 0.6) is 11.5 Å². The van der Waals surface area contributed by atoms with Gasteiger partial charge in [-0.1, -0.05) is 11.6 Å². The smallest absolute Gasteiger partial charge is 0.262 e. The molecule has 7 nitrogen and oxygen atoms in total. The first-order valence-electron chi connectivity index (χ1n) is 8.85. The number of carbonyl (C=O) groups excluding carboxylic acids is 1. The van der Waals surface area contributed by atoms with Gasteiger partial charge in [-0.3, -0.25) is 9.52 Å². The zero-order chi connectivity index (χ0) is 22.6. The Bertz CT molecular complexity index is 1220. The van der Waals surface area contributed by atoms with E-state index in [0.29, 0.717) is 16.5 Å². The van der Waals surface area contributed by atoms with E-state index < -0.39 is 21.7 Å². The molecule has 3 aromatic rings. The predicted molar refractivity (Wildman–Crippen MR) is 116 cm³/mol. The van der Waals surface area contributed by atoms with Crippen LogP contribution in [-0.2, 0) is 10.0 Å². The van der Waals surface area contributed by atoms with E-state index >= 15 is 0 Å². The van der Waals surface area contributed by atoms with Crippen LogP contribution in [0.2, 0.25) is 5.02 Å². The Kier molecular flexibility index (Phi) is 6.67. The lowest BCUT2D eigenvalue weighted by molar-refractivity contribution is 0.102. The second-order valence-electron chi connectivity index (χ2n) is 6.28. The minimum Gasteiger partial charge on any atom is -0.493 e. The van der Waals surface area contributed by atoms with E-state index in [1.807, 2.05) is 0 Å². The average molecular weight is 465 g/mol. The van der Waals surface area contributed by atoms with Crippen LogP contribution in [0.3, 0.4) is 0 Å². The van der Waals surface area contributed by atoms with E-state index in [0.717, 1.165) is 6.07 Å². The predicted octanol–water partition coefficient (Wildman–Crippen LogP) is 4.55. The topological polar surface area (TPSA) is 93.7 Å². The number of nitrogens with one attached hydrogen (secondary N) is 2. The molecule has 0 aliphatic heterocycles. The van der Waals surface area contributed by atoms with Crippen molar-refractivity contribution < 1.29 is 27.1 Å². The van der Waals surface area contributed by atoms with Gasteiger partial charge in [0, 0.05) is 16.7 Å². The Labute approximate surface area is 183 Å². The Morgan fingerprint density at radius 1 is 0.935 bits per heavy atom. The van der Waals surface area contributed by atoms with Gasteiger partial charge < -0.3 is 14.8 Å². The van der Waals surface area contributed by atoms with Gasteiger partial charge in [0.2, 0.25) is 0 Å². The fourth-order valence-electron chi connectivity index (χ4n) is 2.67. The summed E-state index contributed by atoms with van der Waals surface area (Å²) < 4.78 is 52.4. The molecule has 0 aliphatic rings. The standard InChI is InChI=1S/C21H18ClFN2O5S/c1-29-19-10-7-15(11-20(19)30-2)25-31(27,28)16-8-9-18(17(23)12-16)24-21(26)13-3-5-14(22)6-4-13/h3-12,25H,1-2H3,(H,24,26). The molecule has 0 spiro atoms. The molecule has 31 heavy (non-hydrogen) atoms. The number of methoxy groups -OCH3 is 2. The molecule has 0 bridgehead atoms. The number of rotatable bonds is 7. The number of hydrogen-bond donors (Lipinski definition) is 2. The molecule has 0 saturated carbocycles. The summed E-state index contributed by atoms with van der Waals surface area (Å²) in [6, 6.07) is 13.7. The molecule has 0 heterocycles. The van der Waals surface area contributed by atoms with E-state index in [1.54, 1.807) is 0 Å². The normalized spacial score (nSPS) is 11.0. The maximum atomic E-state index is 14.5. The van der Waals surface area contributed by atoms with Crippen molar-refractivity contribution in [1.82, 2.24) is 0 Å². The van der Waals surface area contributed by atoms with Gasteiger partial charge >= 0.3 is 0 Å². The second kappa shape index (κ2) is 9.23. The van der Waals surface area contributed by atoms with Gasteiger partial charge in [0.05, 0.1) is 30.5 Å². The van der Waals surface area contributed by atoms with Crippen molar-refractivity contribution in [3.05, 3.63) is 77.1 Å². The van der Waals surface area contributed by atoms with E-state index in [4.69, 9.17) is 21.1 Å². The third-order valence-electron chi connectivity index (χ3n) is 4.24. The monoisotopic (exact) mass is 464 g/mol. The number of sulfonamides is 1. The van der Waals surface area contributed by atoms with Crippen LogP contribution in [0.15, 0.2) is 65.6 Å². The van der Waals surface area contributed by atoms with Crippen LogP contribution in [-0.4, -0.2) is 28.5 Å². The minimum absolute atomic E-state index is 0.162. The van der Waals surface area contributed by atoms with Crippen molar-refractivity contribution in [3.8, 4) is 11.5 Å². The molecule has 0 radical (unpaired) electrons. The van der Waals surface area contributed by atoms with E-state index in [2.05, 4.69) is 10.0 Å². The average Bonchev–Trinajstić information content (AvgIpc) is 2.75. The van der Waals surface area contributed by atoms with Gasteiger partial charge in [-0.05, 0) is 54.6 Å². The molecule has 0 fully saturated rings. The Morgan fingerprint density at radius 2 is 1.61 bits per heavy atom. The summed E-state index contributed by atoms with van der Waals surface area (Å²) in [7, 11) is -1.22. The van der Waals surface area contributed by atoms with Crippen LogP contribution >= 0.6 is 11.6 Å². The van der Waals surface area contributed by atoms with Crippen molar-refractivity contribution in [2.45, 2.75) is 4.90 Å². The lowest BCUT2D eigenvalue weighted by atomic mass is 10.2. The Balaban J connectivity index is 1.79. The molecule has 2 N–H and O–H groups in total. The largest absolute Gasteiger partial charge is 0.493 e. The van der Waals surface area contributed by atoms with Crippen LogP contribution in [0, 0.1) is 5.82 Å². The molecule has 1 amide bonds. The number of hydrogen-bond acceptors (Lipinski definition) is 5. The summed E-state index contributed by atoms with van der Waals surface area (Å²) >= 11 is 5.78. The summed E-state index contributed by atoms with van der Waals surface area (Å²) in [5, 5.41) is 2.86. The van der Waals surface area contributed by atoms with Crippen molar-refractivity contribution in [3.63, 3.8) is 0 Å². The fourth-order valence-corrected chi connectivity index (χ4v) is 3.86. The van der Waals surface area contributed by atoms with E-state index in [9.17, 15) is 17.6 Å². The summed E-state index contributed by atoms with van der Waals surface area (Å²) in [4.78, 5) is 11.9. The first-order chi connectivity index (χ1) is 14.7. The molecule has 3 rings (SSSR count). The van der Waals surface area contributed by atoms with E-state index in [-0.39, 0.29) is 21.8 Å². The highest BCUT2D eigenvalue weighted by Gasteiger charge is 2.19. The van der Waals surface area contributed by atoms with Crippen molar-refractivity contribution in [2.75, 3.05) is 24.3 Å². The Morgan fingerprint density at radius 3 is 2.23 bits per heavy atom. The molecular weight excluding hydrogens is 447 g/mol. The van der Waals surface area contributed by atoms with Gasteiger partial charge in [-0.25, -0.2) is 12.8 Å². The highest BCUT2D eigenvalue weighted by molar-refractivity contribution is 7.92. The molecule has 0 aliphatic carbocycles.